The maximum absolute atomic E-state index is 14.2. The van der Waals surface area contributed by atoms with Gasteiger partial charge in [0, 0.05) is 85.1 Å². The smallest absolute Gasteiger partial charge is 0.260 e. The summed E-state index contributed by atoms with van der Waals surface area (Å²) in [5.41, 5.74) is 11.5. The molecule has 0 atom stereocenters. The Morgan fingerprint density at radius 2 is 0.576 bits per heavy atom. The van der Waals surface area contributed by atoms with Crippen molar-refractivity contribution in [2.24, 2.45) is 23.7 Å². The van der Waals surface area contributed by atoms with Crippen LogP contribution in [0.2, 0.25) is 0 Å². The predicted octanol–water partition coefficient (Wildman–Crippen LogP) is 7.73. The molecule has 8 bridgehead atoms. The number of rotatable bonds is 32. The van der Waals surface area contributed by atoms with Crippen LogP contribution in [-0.2, 0) is 70.5 Å². The van der Waals surface area contributed by atoms with Crippen molar-refractivity contribution >= 4 is 23.6 Å². The molecular weight excluding hydrogens is 1070 g/mol. The Morgan fingerprint density at radius 1 is 0.353 bits per heavy atom. The van der Waals surface area contributed by atoms with Crippen LogP contribution in [0.15, 0.2) is 48.5 Å². The first-order valence-electron chi connectivity index (χ1n) is 31.0. The number of hydrogen-bond acceptors (Lipinski definition) is 12. The van der Waals surface area contributed by atoms with Gasteiger partial charge in [0.25, 0.3) is 23.6 Å². The van der Waals surface area contributed by atoms with Crippen LogP contribution in [0, 0.1) is 23.7 Å². The standard InChI is InChI=1S/C69H106N8O8/c1-46(2)26-50-30-54-38-56-32-51(27-47(3)4)34-58(67(56)83-43-63(79)71-19-22-74(11)12)40-60-36-53(29-49(7)8)37-61(69(60)85-45-65(81)77(17)25-24-76(15)16)41-59-35-52(28-48(5)6)33-57(68(59)84-44-64(80)72-20-23-75(13)14)39-55(31-50)66(54)82-42-62(78)70-18-21-73(9)10/h30-37,46-49H,18-29,38-45H2,1-17H3,(H,70,78)(H,71,79)(H,72,80). The van der Waals surface area contributed by atoms with Gasteiger partial charge in [0.1, 0.15) is 23.0 Å². The Morgan fingerprint density at radius 3 is 0.788 bits per heavy atom. The van der Waals surface area contributed by atoms with Crippen LogP contribution < -0.4 is 34.9 Å². The normalized spacial score (nSPS) is 12.5. The van der Waals surface area contributed by atoms with Gasteiger partial charge in [-0.15, -0.1) is 0 Å². The van der Waals surface area contributed by atoms with E-state index in [0.29, 0.717) is 125 Å². The van der Waals surface area contributed by atoms with Gasteiger partial charge in [-0.25, -0.2) is 0 Å². The van der Waals surface area contributed by atoms with Crippen LogP contribution in [0.3, 0.4) is 0 Å². The number of nitrogens with one attached hydrogen (secondary N) is 3. The lowest BCUT2D eigenvalue weighted by molar-refractivity contribution is -0.132. The van der Waals surface area contributed by atoms with Crippen molar-refractivity contribution < 1.29 is 38.1 Å². The van der Waals surface area contributed by atoms with Crippen LogP contribution in [0.4, 0.5) is 0 Å². The molecule has 0 spiro atoms. The maximum atomic E-state index is 14.2. The highest BCUT2D eigenvalue weighted by atomic mass is 16.5. The second-order valence-electron chi connectivity index (χ2n) is 26.3. The van der Waals surface area contributed by atoms with Crippen molar-refractivity contribution in [2.75, 3.05) is 142 Å². The van der Waals surface area contributed by atoms with Gasteiger partial charge in [-0.3, -0.25) is 19.2 Å². The minimum atomic E-state index is -0.235. The fourth-order valence-corrected chi connectivity index (χ4v) is 10.8. The molecule has 4 aromatic rings. The average Bonchev–Trinajstić information content (AvgIpc) is 3.53. The lowest BCUT2D eigenvalue weighted by Gasteiger charge is -2.26. The fourth-order valence-electron chi connectivity index (χ4n) is 10.8. The first-order valence-corrected chi connectivity index (χ1v) is 31.0. The fraction of sp³-hybridized carbons (Fsp3) is 0.594. The molecule has 4 aromatic carbocycles. The molecular formula is C69H106N8O8. The summed E-state index contributed by atoms with van der Waals surface area (Å²) in [6.45, 7) is 21.5. The Labute approximate surface area is 511 Å². The van der Waals surface area contributed by atoms with Crippen molar-refractivity contribution in [3.05, 3.63) is 115 Å². The van der Waals surface area contributed by atoms with Gasteiger partial charge in [0.05, 0.1) is 0 Å². The van der Waals surface area contributed by atoms with Crippen molar-refractivity contribution in [2.45, 2.75) is 107 Å². The van der Waals surface area contributed by atoms with E-state index in [9.17, 15) is 19.2 Å². The number of likely N-dealkylation sites (N-methyl/N-ethyl adjacent to an activating group) is 5. The van der Waals surface area contributed by atoms with Crippen LogP contribution >= 0.6 is 0 Å². The molecule has 0 saturated heterocycles. The van der Waals surface area contributed by atoms with E-state index in [0.717, 1.165) is 92.4 Å². The zero-order chi connectivity index (χ0) is 62.5. The first-order chi connectivity index (χ1) is 40.2. The molecule has 0 aliphatic heterocycles. The summed E-state index contributed by atoms with van der Waals surface area (Å²) >= 11 is 0. The minimum absolute atomic E-state index is 0.148. The molecule has 4 amide bonds. The van der Waals surface area contributed by atoms with Crippen molar-refractivity contribution in [1.82, 2.24) is 40.4 Å². The van der Waals surface area contributed by atoms with E-state index >= 15 is 0 Å². The molecule has 0 aromatic heterocycles. The molecule has 0 unspecified atom stereocenters. The number of ether oxygens (including phenoxy) is 4. The van der Waals surface area contributed by atoms with E-state index < -0.39 is 0 Å². The quantitative estimate of drug-likeness (QED) is 0.0386. The summed E-state index contributed by atoms with van der Waals surface area (Å²) in [5, 5.41) is 9.19. The summed E-state index contributed by atoms with van der Waals surface area (Å²) in [6.07, 6.45) is 4.50. The topological polar surface area (TPSA) is 157 Å². The number of benzene rings is 4. The van der Waals surface area contributed by atoms with Crippen LogP contribution in [0.25, 0.3) is 0 Å². The first kappa shape index (κ1) is 69.6. The largest absolute Gasteiger partial charge is 0.483 e. The summed E-state index contributed by atoms with van der Waals surface area (Å²) in [6, 6.07) is 17.8. The van der Waals surface area contributed by atoms with Crippen molar-refractivity contribution in [3.63, 3.8) is 0 Å². The molecule has 0 saturated carbocycles. The number of fused-ring (bicyclic) bond motifs is 8. The predicted molar refractivity (Wildman–Crippen MR) is 344 cm³/mol. The monoisotopic (exact) mass is 1170 g/mol. The molecule has 470 valence electrons. The highest BCUT2D eigenvalue weighted by Crippen LogP contribution is 2.42. The zero-order valence-corrected chi connectivity index (χ0v) is 55.1. The van der Waals surface area contributed by atoms with Crippen LogP contribution in [0.1, 0.15) is 122 Å². The van der Waals surface area contributed by atoms with Gasteiger partial charge in [0.15, 0.2) is 26.4 Å². The third-order valence-electron chi connectivity index (χ3n) is 14.6. The molecule has 85 heavy (non-hydrogen) atoms. The van der Waals surface area contributed by atoms with Gasteiger partial charge in [-0.05, 0) is 172 Å². The molecule has 0 fully saturated rings. The highest BCUT2D eigenvalue weighted by Gasteiger charge is 2.27. The minimum Gasteiger partial charge on any atom is -0.483 e. The van der Waals surface area contributed by atoms with Gasteiger partial charge in [0.2, 0.25) is 0 Å². The third kappa shape index (κ3) is 23.9. The molecule has 5 rings (SSSR count). The Balaban J connectivity index is 1.94. The zero-order valence-electron chi connectivity index (χ0n) is 55.1. The van der Waals surface area contributed by atoms with Crippen molar-refractivity contribution in [1.29, 1.82) is 0 Å². The molecule has 16 nitrogen and oxygen atoms in total. The second-order valence-corrected chi connectivity index (χ2v) is 26.3. The van der Waals surface area contributed by atoms with Gasteiger partial charge < -0.3 is 59.4 Å². The molecule has 0 radical (unpaired) electrons. The molecule has 16 heteroatoms. The van der Waals surface area contributed by atoms with Gasteiger partial charge in [-0.2, -0.15) is 0 Å². The lowest BCUT2D eigenvalue weighted by atomic mass is 9.86. The lowest BCUT2D eigenvalue weighted by Crippen LogP contribution is -2.36. The van der Waals surface area contributed by atoms with E-state index in [-0.39, 0.29) is 50.1 Å². The van der Waals surface area contributed by atoms with Crippen LogP contribution in [0.5, 0.6) is 23.0 Å². The number of carbonyl (C=O) groups excluding carboxylic acids is 4. The van der Waals surface area contributed by atoms with E-state index in [1.165, 1.54) is 0 Å². The van der Waals surface area contributed by atoms with E-state index in [1.54, 1.807) is 4.90 Å². The van der Waals surface area contributed by atoms with Gasteiger partial charge in [-0.1, -0.05) is 104 Å². The van der Waals surface area contributed by atoms with Crippen LogP contribution in [-0.4, -0.2) is 190 Å². The SMILES string of the molecule is CC(C)Cc1cc2c(OCC(=O)NCCN(C)C)c(c1)Cc1cc(CC(C)C)cc(c1OCC(=O)NCCN(C)C)Cc1cc(CC(C)C)cc(c1OCC(=O)N(C)CCN(C)C)Cc1cc(CC(C)C)cc(c1OCC(=O)NCCN(C)C)C2. The van der Waals surface area contributed by atoms with Crippen molar-refractivity contribution in [3.8, 4) is 23.0 Å². The molecule has 1 aliphatic rings. The molecule has 3 N–H and O–H groups in total. The third-order valence-corrected chi connectivity index (χ3v) is 14.6. The van der Waals surface area contributed by atoms with E-state index in [4.69, 9.17) is 18.9 Å². The highest BCUT2D eigenvalue weighted by molar-refractivity contribution is 5.79. The Kier molecular flexibility index (Phi) is 28.0. The number of carbonyl (C=O) groups is 4. The summed E-state index contributed by atoms with van der Waals surface area (Å²) in [7, 11) is 17.6. The molecule has 0 heterocycles. The number of hydrogen-bond donors (Lipinski definition) is 3. The number of amides is 4. The Hall–Kier alpha value is -6.20. The molecule has 1 aliphatic carbocycles. The number of nitrogens with zero attached hydrogens (tertiary/aromatic N) is 5. The van der Waals surface area contributed by atoms with E-state index in [2.05, 4.69) is 125 Å². The Bertz CT molecular complexity index is 2680. The maximum Gasteiger partial charge on any atom is 0.260 e. The summed E-state index contributed by atoms with van der Waals surface area (Å²) in [5.74, 6) is 2.76. The summed E-state index contributed by atoms with van der Waals surface area (Å²) < 4.78 is 27.8. The average molecular weight is 1180 g/mol. The second kappa shape index (κ2) is 34.2. The van der Waals surface area contributed by atoms with Gasteiger partial charge >= 0.3 is 0 Å². The summed E-state index contributed by atoms with van der Waals surface area (Å²) in [4.78, 5) is 65.6. The van der Waals surface area contributed by atoms with E-state index in [1.807, 2.05) is 78.1 Å².